The van der Waals surface area contributed by atoms with E-state index >= 15 is 0 Å². The fraction of sp³-hybridized carbons (Fsp3) is 0.357. The van der Waals surface area contributed by atoms with Gasteiger partial charge in [0.2, 0.25) is 0 Å². The summed E-state index contributed by atoms with van der Waals surface area (Å²) in [7, 11) is 0. The van der Waals surface area contributed by atoms with Gasteiger partial charge < -0.3 is 9.64 Å². The van der Waals surface area contributed by atoms with Gasteiger partial charge in [-0.3, -0.25) is 20.4 Å². The summed E-state index contributed by atoms with van der Waals surface area (Å²) in [6.45, 7) is 2.36. The van der Waals surface area contributed by atoms with Crippen molar-refractivity contribution in [3.63, 3.8) is 0 Å². The van der Waals surface area contributed by atoms with Crippen LogP contribution in [0.5, 0.6) is 0 Å². The highest BCUT2D eigenvalue weighted by Gasteiger charge is 2.17. The van der Waals surface area contributed by atoms with Gasteiger partial charge >= 0.3 is 0 Å². The first kappa shape index (κ1) is 17.1. The summed E-state index contributed by atoms with van der Waals surface area (Å²) >= 11 is 5.92. The van der Waals surface area contributed by atoms with E-state index in [9.17, 15) is 9.59 Å². The highest BCUT2D eigenvalue weighted by Crippen LogP contribution is 2.14. The molecular formula is C14H16ClN7O3. The van der Waals surface area contributed by atoms with Gasteiger partial charge in [0.05, 0.1) is 23.8 Å². The molecule has 2 heterocycles. The molecule has 1 aromatic carbocycles. The molecule has 0 bridgehead atoms. The molecule has 0 saturated carbocycles. The number of halogens is 1. The molecule has 25 heavy (non-hydrogen) atoms. The SMILES string of the molecule is O=C(Cn1nnc(N2CCOCC2)n1)NNC(=O)c1ccccc1Cl. The first-order valence-electron chi connectivity index (χ1n) is 7.57. The minimum atomic E-state index is -0.514. The van der Waals surface area contributed by atoms with Crippen molar-refractivity contribution in [2.24, 2.45) is 0 Å². The highest BCUT2D eigenvalue weighted by molar-refractivity contribution is 6.33. The Bertz CT molecular complexity index is 760. The number of hydrogen-bond donors (Lipinski definition) is 2. The molecule has 1 aliphatic rings. The fourth-order valence-corrected chi connectivity index (χ4v) is 2.42. The highest BCUT2D eigenvalue weighted by atomic mass is 35.5. The molecule has 0 spiro atoms. The number of carbonyl (C=O) groups is 2. The predicted molar refractivity (Wildman–Crippen MR) is 87.9 cm³/mol. The molecule has 1 fully saturated rings. The monoisotopic (exact) mass is 365 g/mol. The van der Waals surface area contributed by atoms with Gasteiger partial charge in [-0.25, -0.2) is 0 Å². The number of hydrazine groups is 1. The molecule has 10 nitrogen and oxygen atoms in total. The average Bonchev–Trinajstić information content (AvgIpc) is 3.09. The Labute approximate surface area is 148 Å². The lowest BCUT2D eigenvalue weighted by Gasteiger charge is -2.24. The van der Waals surface area contributed by atoms with Crippen LogP contribution in [0, 0.1) is 0 Å². The van der Waals surface area contributed by atoms with Crippen LogP contribution in [0.1, 0.15) is 10.4 Å². The first-order valence-corrected chi connectivity index (χ1v) is 7.95. The lowest BCUT2D eigenvalue weighted by atomic mass is 10.2. The van der Waals surface area contributed by atoms with Gasteiger partial charge in [0, 0.05) is 13.1 Å². The van der Waals surface area contributed by atoms with E-state index in [-0.39, 0.29) is 12.1 Å². The van der Waals surface area contributed by atoms with E-state index in [2.05, 4.69) is 26.3 Å². The van der Waals surface area contributed by atoms with Crippen LogP contribution in [0.25, 0.3) is 0 Å². The Balaban J connectivity index is 1.50. The van der Waals surface area contributed by atoms with Gasteiger partial charge in [-0.05, 0) is 17.3 Å². The molecule has 1 aliphatic heterocycles. The summed E-state index contributed by atoms with van der Waals surface area (Å²) < 4.78 is 5.25. The molecule has 3 rings (SSSR count). The minimum absolute atomic E-state index is 0.180. The van der Waals surface area contributed by atoms with Crippen LogP contribution in [0.4, 0.5) is 5.95 Å². The van der Waals surface area contributed by atoms with Crippen molar-refractivity contribution in [2.45, 2.75) is 6.54 Å². The third kappa shape index (κ3) is 4.43. The lowest BCUT2D eigenvalue weighted by molar-refractivity contribution is -0.122. The first-order chi connectivity index (χ1) is 12.1. The standard InChI is InChI=1S/C14H16ClN7O3/c15-11-4-2-1-3-10(11)13(24)17-16-12(23)9-22-19-14(18-20-22)21-5-7-25-8-6-21/h1-4H,5-9H2,(H,16,23)(H,17,24). The van der Waals surface area contributed by atoms with Crippen LogP contribution in [0.2, 0.25) is 5.02 Å². The van der Waals surface area contributed by atoms with Crippen molar-refractivity contribution in [3.8, 4) is 0 Å². The predicted octanol–water partition coefficient (Wildman–Crippen LogP) is -0.376. The van der Waals surface area contributed by atoms with Crippen LogP contribution in [0.15, 0.2) is 24.3 Å². The number of benzene rings is 1. The molecule has 11 heteroatoms. The molecule has 0 unspecified atom stereocenters. The number of aromatic nitrogens is 4. The summed E-state index contributed by atoms with van der Waals surface area (Å²) in [5, 5.41) is 12.2. The molecule has 0 aliphatic carbocycles. The fourth-order valence-electron chi connectivity index (χ4n) is 2.20. The summed E-state index contributed by atoms with van der Waals surface area (Å²) in [4.78, 5) is 26.9. The smallest absolute Gasteiger partial charge is 0.271 e. The van der Waals surface area contributed by atoms with Crippen molar-refractivity contribution in [3.05, 3.63) is 34.9 Å². The van der Waals surface area contributed by atoms with E-state index in [4.69, 9.17) is 16.3 Å². The number of morpholine rings is 1. The minimum Gasteiger partial charge on any atom is -0.378 e. The molecule has 0 radical (unpaired) electrons. The van der Waals surface area contributed by atoms with Crippen molar-refractivity contribution in [1.29, 1.82) is 0 Å². The maximum Gasteiger partial charge on any atom is 0.271 e. The number of ether oxygens (including phenoxy) is 1. The van der Waals surface area contributed by atoms with Crippen molar-refractivity contribution in [2.75, 3.05) is 31.2 Å². The number of hydrogen-bond acceptors (Lipinski definition) is 7. The maximum atomic E-state index is 12.0. The molecule has 2 aromatic rings. The zero-order valence-electron chi connectivity index (χ0n) is 13.2. The van der Waals surface area contributed by atoms with Gasteiger partial charge in [-0.2, -0.15) is 4.80 Å². The van der Waals surface area contributed by atoms with Crippen LogP contribution in [-0.4, -0.2) is 58.3 Å². The summed E-state index contributed by atoms with van der Waals surface area (Å²) in [5.74, 6) is -0.568. The molecule has 1 saturated heterocycles. The van der Waals surface area contributed by atoms with E-state index in [1.54, 1.807) is 24.3 Å². The quantitative estimate of drug-likeness (QED) is 0.710. The zero-order chi connectivity index (χ0) is 17.6. The number of nitrogens with one attached hydrogen (secondary N) is 2. The summed E-state index contributed by atoms with van der Waals surface area (Å²) in [5.41, 5.74) is 4.84. The zero-order valence-corrected chi connectivity index (χ0v) is 13.9. The Morgan fingerprint density at radius 1 is 1.20 bits per heavy atom. The number of anilines is 1. The number of nitrogens with zero attached hydrogens (tertiary/aromatic N) is 5. The average molecular weight is 366 g/mol. The number of rotatable bonds is 4. The van der Waals surface area contributed by atoms with E-state index in [0.717, 1.165) is 4.80 Å². The Hall–Kier alpha value is -2.72. The summed E-state index contributed by atoms with van der Waals surface area (Å²) in [6, 6.07) is 6.53. The lowest BCUT2D eigenvalue weighted by Crippen LogP contribution is -2.43. The number of amides is 2. The van der Waals surface area contributed by atoms with Crippen LogP contribution >= 0.6 is 11.6 Å². The molecule has 0 atom stereocenters. The molecule has 132 valence electrons. The Morgan fingerprint density at radius 3 is 2.72 bits per heavy atom. The van der Waals surface area contributed by atoms with Gasteiger partial charge in [0.25, 0.3) is 17.8 Å². The second-order valence-corrected chi connectivity index (χ2v) is 5.61. The second-order valence-electron chi connectivity index (χ2n) is 5.20. The normalized spacial score (nSPS) is 14.2. The Kier molecular flexibility index (Phi) is 5.41. The number of tetrazole rings is 1. The van der Waals surface area contributed by atoms with E-state index < -0.39 is 11.8 Å². The van der Waals surface area contributed by atoms with Crippen LogP contribution in [0.3, 0.4) is 0 Å². The van der Waals surface area contributed by atoms with Gasteiger partial charge in [-0.15, -0.1) is 5.10 Å². The van der Waals surface area contributed by atoms with E-state index in [0.29, 0.717) is 37.3 Å². The van der Waals surface area contributed by atoms with Crippen molar-refractivity contribution < 1.29 is 14.3 Å². The second kappa shape index (κ2) is 7.90. The largest absolute Gasteiger partial charge is 0.378 e. The Morgan fingerprint density at radius 2 is 1.96 bits per heavy atom. The van der Waals surface area contributed by atoms with Crippen molar-refractivity contribution in [1.82, 2.24) is 31.1 Å². The summed E-state index contributed by atoms with van der Waals surface area (Å²) in [6.07, 6.45) is 0. The molecule has 2 N–H and O–H groups in total. The van der Waals surface area contributed by atoms with Crippen LogP contribution < -0.4 is 15.8 Å². The molecule has 1 aromatic heterocycles. The molecular weight excluding hydrogens is 350 g/mol. The maximum absolute atomic E-state index is 12.0. The van der Waals surface area contributed by atoms with E-state index in [1.165, 1.54) is 0 Å². The van der Waals surface area contributed by atoms with Crippen LogP contribution in [-0.2, 0) is 16.1 Å². The van der Waals surface area contributed by atoms with Gasteiger partial charge in [-0.1, -0.05) is 28.8 Å². The molecule has 2 amide bonds. The van der Waals surface area contributed by atoms with Crippen molar-refractivity contribution >= 4 is 29.4 Å². The third-order valence-electron chi connectivity index (χ3n) is 3.46. The topological polar surface area (TPSA) is 114 Å². The number of carbonyl (C=O) groups excluding carboxylic acids is 2. The van der Waals surface area contributed by atoms with Gasteiger partial charge in [0.15, 0.2) is 0 Å². The third-order valence-corrected chi connectivity index (χ3v) is 3.78. The van der Waals surface area contributed by atoms with Gasteiger partial charge in [0.1, 0.15) is 6.54 Å². The van der Waals surface area contributed by atoms with E-state index in [1.807, 2.05) is 4.90 Å².